The Bertz CT molecular complexity index is 577. The van der Waals surface area contributed by atoms with Crippen molar-refractivity contribution in [2.24, 2.45) is 0 Å². The molecule has 5 heteroatoms. The largest absolute Gasteiger partial charge is 0.347 e. The summed E-state index contributed by atoms with van der Waals surface area (Å²) >= 11 is 10.7. The fraction of sp³-hybridized carbons (Fsp3) is 0.214. The van der Waals surface area contributed by atoms with Crippen LogP contribution >= 0.6 is 38.9 Å². The fourth-order valence-corrected chi connectivity index (χ4v) is 3.28. The number of halogens is 2. The second-order valence-corrected chi connectivity index (χ2v) is 6.84. The lowest BCUT2D eigenvalue weighted by Crippen LogP contribution is -2.21. The smallest absolute Gasteiger partial charge is 0.261 e. The highest BCUT2D eigenvalue weighted by Crippen LogP contribution is 2.27. The number of carbonyl (C=O) groups is 1. The first kappa shape index (κ1) is 14.6. The van der Waals surface area contributed by atoms with Gasteiger partial charge < -0.3 is 5.32 Å². The number of hydrogen-bond acceptors (Lipinski definition) is 2. The molecule has 100 valence electrons. The molecule has 19 heavy (non-hydrogen) atoms. The quantitative estimate of drug-likeness (QED) is 0.802. The van der Waals surface area contributed by atoms with Gasteiger partial charge in [-0.2, -0.15) is 0 Å². The second kappa shape index (κ2) is 6.55. The minimum atomic E-state index is -0.0462. The van der Waals surface area contributed by atoms with Gasteiger partial charge in [-0.15, -0.1) is 22.9 Å². The molecule has 0 aliphatic heterocycles. The van der Waals surface area contributed by atoms with Gasteiger partial charge in [0.2, 0.25) is 0 Å². The number of amides is 1. The summed E-state index contributed by atoms with van der Waals surface area (Å²) < 4.78 is 1.00. The minimum absolute atomic E-state index is 0.0462. The van der Waals surface area contributed by atoms with Crippen molar-refractivity contribution in [2.45, 2.75) is 19.3 Å². The molecule has 0 spiro atoms. The van der Waals surface area contributed by atoms with Gasteiger partial charge in [-0.1, -0.05) is 24.3 Å². The van der Waals surface area contributed by atoms with Crippen LogP contribution in [0.2, 0.25) is 0 Å². The van der Waals surface area contributed by atoms with Crippen LogP contribution < -0.4 is 5.32 Å². The maximum atomic E-state index is 12.0. The van der Waals surface area contributed by atoms with E-state index in [9.17, 15) is 4.79 Å². The van der Waals surface area contributed by atoms with Gasteiger partial charge >= 0.3 is 0 Å². The molecular weight excluding hydrogens is 346 g/mol. The van der Waals surface area contributed by atoms with Gasteiger partial charge in [0.25, 0.3) is 5.91 Å². The van der Waals surface area contributed by atoms with Gasteiger partial charge in [0, 0.05) is 12.4 Å². The number of aryl methyl sites for hydroxylation is 1. The zero-order valence-electron chi connectivity index (χ0n) is 10.4. The summed E-state index contributed by atoms with van der Waals surface area (Å²) in [5.74, 6) is 0.439. The van der Waals surface area contributed by atoms with E-state index >= 15 is 0 Å². The average molecular weight is 359 g/mol. The molecule has 1 N–H and O–H groups in total. The summed E-state index contributed by atoms with van der Waals surface area (Å²) in [6.07, 6.45) is 0. The average Bonchev–Trinajstić information content (AvgIpc) is 2.76. The molecule has 1 amide bonds. The highest BCUT2D eigenvalue weighted by atomic mass is 79.9. The van der Waals surface area contributed by atoms with E-state index in [2.05, 4.69) is 21.2 Å². The molecule has 0 saturated carbocycles. The molecule has 0 bridgehead atoms. The van der Waals surface area contributed by atoms with Gasteiger partial charge in [0.1, 0.15) is 0 Å². The normalized spacial score (nSPS) is 10.5. The SMILES string of the molecule is Cc1cc(C(=O)NCc2cccc(CCl)c2)sc1Br. The van der Waals surface area contributed by atoms with Crippen LogP contribution in [0, 0.1) is 6.92 Å². The molecule has 1 aromatic heterocycles. The number of nitrogens with one attached hydrogen (secondary N) is 1. The number of thiophene rings is 1. The predicted molar refractivity (Wildman–Crippen MR) is 83.9 cm³/mol. The van der Waals surface area contributed by atoms with Crippen LogP contribution in [0.5, 0.6) is 0 Å². The van der Waals surface area contributed by atoms with Crippen LogP contribution in [0.25, 0.3) is 0 Å². The standard InChI is InChI=1S/C14H13BrClNOS/c1-9-5-12(19-13(9)15)14(18)17-8-11-4-2-3-10(6-11)7-16/h2-6H,7-8H2,1H3,(H,17,18). The van der Waals surface area contributed by atoms with E-state index in [1.807, 2.05) is 37.3 Å². The first-order valence-electron chi connectivity index (χ1n) is 5.78. The Labute approximate surface area is 129 Å². The van der Waals surface area contributed by atoms with Gasteiger partial charge in [0.15, 0.2) is 0 Å². The van der Waals surface area contributed by atoms with E-state index in [1.165, 1.54) is 11.3 Å². The van der Waals surface area contributed by atoms with E-state index in [1.54, 1.807) is 0 Å². The van der Waals surface area contributed by atoms with E-state index in [4.69, 9.17) is 11.6 Å². The number of hydrogen-bond donors (Lipinski definition) is 1. The monoisotopic (exact) mass is 357 g/mol. The van der Waals surface area contributed by atoms with Crippen molar-refractivity contribution in [1.82, 2.24) is 5.32 Å². The van der Waals surface area contributed by atoms with Crippen molar-refractivity contribution in [2.75, 3.05) is 0 Å². The van der Waals surface area contributed by atoms with E-state index in [0.717, 1.165) is 25.4 Å². The summed E-state index contributed by atoms with van der Waals surface area (Å²) in [6, 6.07) is 9.79. The first-order chi connectivity index (χ1) is 9.10. The highest BCUT2D eigenvalue weighted by Gasteiger charge is 2.10. The summed E-state index contributed by atoms with van der Waals surface area (Å²) in [5.41, 5.74) is 3.20. The predicted octanol–water partition coefficient (Wildman–Crippen LogP) is 4.49. The summed E-state index contributed by atoms with van der Waals surface area (Å²) in [5, 5.41) is 2.91. The molecule has 2 nitrogen and oxygen atoms in total. The zero-order valence-corrected chi connectivity index (χ0v) is 13.5. The van der Waals surface area contributed by atoms with Crippen molar-refractivity contribution >= 4 is 44.8 Å². The first-order valence-corrected chi connectivity index (χ1v) is 7.92. The van der Waals surface area contributed by atoms with E-state index < -0.39 is 0 Å². The number of rotatable bonds is 4. The van der Waals surface area contributed by atoms with Gasteiger partial charge in [0.05, 0.1) is 8.66 Å². The molecule has 0 saturated heterocycles. The topological polar surface area (TPSA) is 29.1 Å². The molecule has 0 fully saturated rings. The Morgan fingerprint density at radius 3 is 2.74 bits per heavy atom. The molecule has 0 aliphatic rings. The second-order valence-electron chi connectivity index (χ2n) is 4.20. The summed E-state index contributed by atoms with van der Waals surface area (Å²) in [6.45, 7) is 2.49. The third kappa shape index (κ3) is 3.81. The van der Waals surface area contributed by atoms with Crippen LogP contribution in [-0.2, 0) is 12.4 Å². The van der Waals surface area contributed by atoms with Crippen molar-refractivity contribution in [3.05, 3.63) is 55.7 Å². The highest BCUT2D eigenvalue weighted by molar-refractivity contribution is 9.11. The zero-order chi connectivity index (χ0) is 13.8. The van der Waals surface area contributed by atoms with Crippen molar-refractivity contribution in [3.8, 4) is 0 Å². The number of benzene rings is 1. The lowest BCUT2D eigenvalue weighted by atomic mass is 10.1. The Morgan fingerprint density at radius 1 is 1.37 bits per heavy atom. The third-order valence-electron chi connectivity index (χ3n) is 2.68. The molecule has 1 heterocycles. The van der Waals surface area contributed by atoms with Crippen molar-refractivity contribution in [3.63, 3.8) is 0 Å². The van der Waals surface area contributed by atoms with Gasteiger partial charge in [-0.05, 0) is 45.6 Å². The summed E-state index contributed by atoms with van der Waals surface area (Å²) in [7, 11) is 0. The van der Waals surface area contributed by atoms with Crippen LogP contribution in [0.3, 0.4) is 0 Å². The van der Waals surface area contributed by atoms with Crippen LogP contribution in [0.15, 0.2) is 34.1 Å². The lowest BCUT2D eigenvalue weighted by Gasteiger charge is -2.05. The Hall–Kier alpha value is -0.840. The van der Waals surface area contributed by atoms with Gasteiger partial charge in [-0.25, -0.2) is 0 Å². The molecular formula is C14H13BrClNOS. The minimum Gasteiger partial charge on any atom is -0.347 e. The Kier molecular flexibility index (Phi) is 5.02. The molecule has 0 unspecified atom stereocenters. The van der Waals surface area contributed by atoms with Crippen LogP contribution in [0.1, 0.15) is 26.4 Å². The molecule has 1 aromatic carbocycles. The number of carbonyl (C=O) groups excluding carboxylic acids is 1. The Balaban J connectivity index is 2.00. The lowest BCUT2D eigenvalue weighted by molar-refractivity contribution is 0.0955. The van der Waals surface area contributed by atoms with Crippen LogP contribution in [-0.4, -0.2) is 5.91 Å². The fourth-order valence-electron chi connectivity index (χ4n) is 1.66. The number of alkyl halides is 1. The molecule has 0 radical (unpaired) electrons. The van der Waals surface area contributed by atoms with E-state index in [-0.39, 0.29) is 5.91 Å². The maximum absolute atomic E-state index is 12.0. The van der Waals surface area contributed by atoms with Crippen LogP contribution in [0.4, 0.5) is 0 Å². The molecule has 2 aromatic rings. The summed E-state index contributed by atoms with van der Waals surface area (Å²) in [4.78, 5) is 12.7. The Morgan fingerprint density at radius 2 is 2.11 bits per heavy atom. The van der Waals surface area contributed by atoms with E-state index in [0.29, 0.717) is 12.4 Å². The molecule has 0 atom stereocenters. The molecule has 0 aliphatic carbocycles. The molecule has 2 rings (SSSR count). The maximum Gasteiger partial charge on any atom is 0.261 e. The van der Waals surface area contributed by atoms with Crippen molar-refractivity contribution < 1.29 is 4.79 Å². The van der Waals surface area contributed by atoms with Crippen molar-refractivity contribution in [1.29, 1.82) is 0 Å². The third-order valence-corrected chi connectivity index (χ3v) is 5.12. The van der Waals surface area contributed by atoms with Gasteiger partial charge in [-0.3, -0.25) is 4.79 Å².